The minimum absolute atomic E-state index is 0.0894. The SMILES string of the molecule is COc1ncc(Cl)cc1S(=O)(=O)Nc1ccnc(-c2ccc(CN3CCN(C(C)C)CC3)cc2F)c1. The minimum atomic E-state index is -4.07. The molecule has 1 saturated heterocycles. The summed E-state index contributed by atoms with van der Waals surface area (Å²) in [6, 6.07) is 9.82. The van der Waals surface area contributed by atoms with E-state index in [9.17, 15) is 8.42 Å². The van der Waals surface area contributed by atoms with E-state index in [0.29, 0.717) is 18.3 Å². The summed E-state index contributed by atoms with van der Waals surface area (Å²) in [5.41, 5.74) is 1.69. The van der Waals surface area contributed by atoms with Gasteiger partial charge in [0.2, 0.25) is 5.88 Å². The molecule has 0 saturated carbocycles. The molecule has 8 nitrogen and oxygen atoms in total. The summed E-state index contributed by atoms with van der Waals surface area (Å²) in [5.74, 6) is -0.505. The third-order valence-electron chi connectivity index (χ3n) is 6.13. The van der Waals surface area contributed by atoms with Gasteiger partial charge in [-0.3, -0.25) is 19.5 Å². The first-order chi connectivity index (χ1) is 17.2. The lowest BCUT2D eigenvalue weighted by Gasteiger charge is -2.36. The number of aromatic nitrogens is 2. The second-order valence-corrected chi connectivity index (χ2v) is 11.0. The van der Waals surface area contributed by atoms with Gasteiger partial charge >= 0.3 is 0 Å². The molecule has 4 rings (SSSR count). The third kappa shape index (κ3) is 6.12. The number of sulfonamides is 1. The van der Waals surface area contributed by atoms with Crippen molar-refractivity contribution in [3.63, 3.8) is 0 Å². The maximum Gasteiger partial charge on any atom is 0.267 e. The number of rotatable bonds is 8. The average Bonchev–Trinajstić information content (AvgIpc) is 2.84. The number of benzene rings is 1. The van der Waals surface area contributed by atoms with Crippen LogP contribution in [0.1, 0.15) is 19.4 Å². The standard InChI is InChI=1S/C25H29ClFN5O3S/c1-17(2)32-10-8-31(9-11-32)16-18-4-5-21(22(27)12-18)23-14-20(6-7-28-23)30-36(33,34)24-13-19(26)15-29-25(24)35-3/h4-7,12-15,17H,8-11,16H2,1-3H3,(H,28,30). The molecule has 11 heteroatoms. The van der Waals surface area contributed by atoms with E-state index in [1.807, 2.05) is 6.07 Å². The maximum absolute atomic E-state index is 15.1. The quantitative estimate of drug-likeness (QED) is 0.462. The second kappa shape index (κ2) is 11.1. The van der Waals surface area contributed by atoms with Crippen LogP contribution < -0.4 is 9.46 Å². The molecule has 0 amide bonds. The molecule has 1 aliphatic rings. The van der Waals surface area contributed by atoms with Gasteiger partial charge < -0.3 is 4.74 Å². The lowest BCUT2D eigenvalue weighted by Crippen LogP contribution is -2.48. The zero-order chi connectivity index (χ0) is 25.9. The van der Waals surface area contributed by atoms with Gasteiger partial charge in [0.25, 0.3) is 10.0 Å². The highest BCUT2D eigenvalue weighted by molar-refractivity contribution is 7.92. The Morgan fingerprint density at radius 2 is 1.86 bits per heavy atom. The molecule has 1 aromatic carbocycles. The van der Waals surface area contributed by atoms with Gasteiger partial charge in [0.15, 0.2) is 4.90 Å². The Bertz CT molecular complexity index is 1330. The highest BCUT2D eigenvalue weighted by Gasteiger charge is 2.22. The predicted molar refractivity (Wildman–Crippen MR) is 138 cm³/mol. The lowest BCUT2D eigenvalue weighted by molar-refractivity contribution is 0.104. The van der Waals surface area contributed by atoms with Gasteiger partial charge in [-0.25, -0.2) is 17.8 Å². The van der Waals surface area contributed by atoms with E-state index < -0.39 is 15.8 Å². The smallest absolute Gasteiger partial charge is 0.267 e. The Morgan fingerprint density at radius 1 is 1.11 bits per heavy atom. The van der Waals surface area contributed by atoms with Gasteiger partial charge in [-0.05, 0) is 49.7 Å². The number of nitrogens with zero attached hydrogens (tertiary/aromatic N) is 4. The predicted octanol–water partition coefficient (Wildman–Crippen LogP) is 4.27. The van der Waals surface area contributed by atoms with Crippen molar-refractivity contribution in [2.45, 2.75) is 31.3 Å². The molecular formula is C25H29ClFN5O3S. The molecule has 3 aromatic rings. The van der Waals surface area contributed by atoms with E-state index in [2.05, 4.69) is 38.3 Å². The van der Waals surface area contributed by atoms with E-state index in [4.69, 9.17) is 16.3 Å². The molecule has 0 aliphatic carbocycles. The molecule has 36 heavy (non-hydrogen) atoms. The van der Waals surface area contributed by atoms with Crippen LogP contribution in [0.25, 0.3) is 11.3 Å². The van der Waals surface area contributed by atoms with Gasteiger partial charge in [-0.15, -0.1) is 0 Å². The Hall–Kier alpha value is -2.79. The number of hydrogen-bond donors (Lipinski definition) is 1. The zero-order valence-electron chi connectivity index (χ0n) is 20.4. The van der Waals surface area contributed by atoms with Crippen LogP contribution in [-0.4, -0.2) is 67.5 Å². The van der Waals surface area contributed by atoms with Crippen molar-refractivity contribution in [3.8, 4) is 17.1 Å². The molecule has 0 spiro atoms. The van der Waals surface area contributed by atoms with Crippen molar-refractivity contribution in [2.75, 3.05) is 38.0 Å². The van der Waals surface area contributed by atoms with Crippen molar-refractivity contribution in [2.24, 2.45) is 0 Å². The number of nitrogens with one attached hydrogen (secondary N) is 1. The van der Waals surface area contributed by atoms with Crippen molar-refractivity contribution in [1.29, 1.82) is 0 Å². The molecule has 2 aromatic heterocycles. The first-order valence-electron chi connectivity index (χ1n) is 11.6. The number of ether oxygens (including phenoxy) is 1. The summed E-state index contributed by atoms with van der Waals surface area (Å²) in [4.78, 5) is 12.7. The maximum atomic E-state index is 15.1. The third-order valence-corrected chi connectivity index (χ3v) is 7.72. The molecule has 1 aliphatic heterocycles. The summed E-state index contributed by atoms with van der Waals surface area (Å²) >= 11 is 5.93. The fourth-order valence-electron chi connectivity index (χ4n) is 4.17. The molecule has 0 atom stereocenters. The molecule has 0 unspecified atom stereocenters. The Labute approximate surface area is 216 Å². The number of halogens is 2. The van der Waals surface area contributed by atoms with Gasteiger partial charge in [-0.2, -0.15) is 0 Å². The average molecular weight is 534 g/mol. The molecule has 192 valence electrons. The van der Waals surface area contributed by atoms with Gasteiger partial charge in [0.1, 0.15) is 5.82 Å². The number of methoxy groups -OCH3 is 1. The van der Waals surface area contributed by atoms with E-state index in [1.54, 1.807) is 6.07 Å². The monoisotopic (exact) mass is 533 g/mol. The molecule has 0 bridgehead atoms. The van der Waals surface area contributed by atoms with E-state index in [1.165, 1.54) is 43.8 Å². The van der Waals surface area contributed by atoms with E-state index >= 15 is 4.39 Å². The van der Waals surface area contributed by atoms with Gasteiger partial charge in [-0.1, -0.05) is 17.7 Å². The lowest BCUT2D eigenvalue weighted by atomic mass is 10.1. The van der Waals surface area contributed by atoms with Crippen molar-refractivity contribution in [3.05, 3.63) is 65.2 Å². The van der Waals surface area contributed by atoms with Gasteiger partial charge in [0, 0.05) is 56.7 Å². The summed E-state index contributed by atoms with van der Waals surface area (Å²) in [6.45, 7) is 8.96. The van der Waals surface area contributed by atoms with Crippen LogP contribution in [0.5, 0.6) is 5.88 Å². The van der Waals surface area contributed by atoms with E-state index in [-0.39, 0.29) is 27.0 Å². The van der Waals surface area contributed by atoms with Gasteiger partial charge in [0.05, 0.1) is 23.5 Å². The largest absolute Gasteiger partial charge is 0.480 e. The topological polar surface area (TPSA) is 87.7 Å². The van der Waals surface area contributed by atoms with Crippen LogP contribution in [0, 0.1) is 5.82 Å². The number of piperazine rings is 1. The van der Waals surface area contributed by atoms with Crippen molar-refractivity contribution in [1.82, 2.24) is 19.8 Å². The Balaban J connectivity index is 1.50. The van der Waals surface area contributed by atoms with Crippen LogP contribution >= 0.6 is 11.6 Å². The summed E-state index contributed by atoms with van der Waals surface area (Å²) in [6.07, 6.45) is 2.71. The van der Waals surface area contributed by atoms with Crippen LogP contribution in [0.15, 0.2) is 53.7 Å². The summed E-state index contributed by atoms with van der Waals surface area (Å²) < 4.78 is 48.5. The van der Waals surface area contributed by atoms with Crippen LogP contribution in [-0.2, 0) is 16.6 Å². The van der Waals surface area contributed by atoms with E-state index in [0.717, 1.165) is 31.7 Å². The summed E-state index contributed by atoms with van der Waals surface area (Å²) in [5, 5.41) is 0.149. The molecule has 0 radical (unpaired) electrons. The van der Waals surface area contributed by atoms with Crippen LogP contribution in [0.4, 0.5) is 10.1 Å². The van der Waals surface area contributed by atoms with Crippen LogP contribution in [0.3, 0.4) is 0 Å². The molecule has 3 heterocycles. The first-order valence-corrected chi connectivity index (χ1v) is 13.5. The minimum Gasteiger partial charge on any atom is -0.480 e. The normalized spacial score (nSPS) is 15.3. The van der Waals surface area contributed by atoms with Crippen molar-refractivity contribution >= 4 is 27.3 Å². The van der Waals surface area contributed by atoms with Crippen LogP contribution in [0.2, 0.25) is 5.02 Å². The number of pyridine rings is 2. The number of hydrogen-bond acceptors (Lipinski definition) is 7. The zero-order valence-corrected chi connectivity index (χ0v) is 22.0. The summed E-state index contributed by atoms with van der Waals surface area (Å²) in [7, 11) is -2.76. The Kier molecular flexibility index (Phi) is 8.09. The Morgan fingerprint density at radius 3 is 2.53 bits per heavy atom. The second-order valence-electron chi connectivity index (χ2n) is 8.92. The highest BCUT2D eigenvalue weighted by Crippen LogP contribution is 2.29. The first kappa shape index (κ1) is 26.3. The fraction of sp³-hybridized carbons (Fsp3) is 0.360. The molecular weight excluding hydrogens is 505 g/mol. The van der Waals surface area contributed by atoms with Crippen molar-refractivity contribution < 1.29 is 17.5 Å². The number of anilines is 1. The highest BCUT2D eigenvalue weighted by atomic mass is 35.5. The molecule has 1 N–H and O–H groups in total. The fourth-order valence-corrected chi connectivity index (χ4v) is 5.58. The molecule has 1 fully saturated rings.